The third-order valence-corrected chi connectivity index (χ3v) is 3.44. The third kappa shape index (κ3) is 4.63. The number of sulfonamides is 1. The number of hydrogen-bond acceptors (Lipinski definition) is 3. The van der Waals surface area contributed by atoms with Crippen LogP contribution in [0.25, 0.3) is 0 Å². The molecule has 19 heavy (non-hydrogen) atoms. The number of nitrogens with two attached hydrogens (primary N) is 1. The van der Waals surface area contributed by atoms with Gasteiger partial charge in [-0.25, -0.2) is 12.8 Å². The Balaban J connectivity index is 3.08. The average molecular weight is 316 g/mol. The first-order valence-electron chi connectivity index (χ1n) is 4.67. The van der Waals surface area contributed by atoms with Crippen LogP contribution in [-0.4, -0.2) is 19.2 Å². The molecule has 0 amide bonds. The van der Waals surface area contributed by atoms with Gasteiger partial charge in [-0.15, -0.1) is 0 Å². The Morgan fingerprint density at radius 3 is 2.42 bits per heavy atom. The fourth-order valence-corrected chi connectivity index (χ4v) is 2.61. The minimum absolute atomic E-state index is 0.342. The van der Waals surface area contributed by atoms with Gasteiger partial charge in [0, 0.05) is 5.69 Å². The third-order valence-electron chi connectivity index (χ3n) is 1.88. The van der Waals surface area contributed by atoms with E-state index in [0.29, 0.717) is 12.1 Å². The van der Waals surface area contributed by atoms with Gasteiger partial charge in [-0.2, -0.15) is 13.2 Å². The van der Waals surface area contributed by atoms with E-state index in [1.165, 1.54) is 0 Å². The topological polar surface area (TPSA) is 72.2 Å². The van der Waals surface area contributed by atoms with Gasteiger partial charge in [-0.3, -0.25) is 4.72 Å². The maximum absolute atomic E-state index is 13.0. The maximum atomic E-state index is 13.0. The van der Waals surface area contributed by atoms with E-state index in [0.717, 1.165) is 6.07 Å². The van der Waals surface area contributed by atoms with Crippen LogP contribution in [0.3, 0.4) is 0 Å². The average Bonchev–Trinajstić information content (AvgIpc) is 2.16. The molecule has 4 nitrogen and oxygen atoms in total. The van der Waals surface area contributed by atoms with Crippen LogP contribution in [-0.2, 0) is 16.2 Å². The highest BCUT2D eigenvalue weighted by Gasteiger charge is 2.34. The van der Waals surface area contributed by atoms with Gasteiger partial charge in [-0.05, 0) is 18.2 Å². The van der Waals surface area contributed by atoms with Crippen LogP contribution in [0.1, 0.15) is 5.56 Å². The Hall–Kier alpha value is -1.42. The molecule has 1 rings (SSSR count). The van der Waals surface area contributed by atoms with Gasteiger partial charge in [0.1, 0.15) is 11.6 Å². The zero-order chi connectivity index (χ0) is 14.8. The Bertz CT molecular complexity index is 599. The van der Waals surface area contributed by atoms with E-state index in [1.54, 1.807) is 0 Å². The summed E-state index contributed by atoms with van der Waals surface area (Å²) in [5.74, 6) is -2.22. The molecule has 0 aliphatic rings. The smallest absolute Gasteiger partial charge is 0.392 e. The molecule has 0 aliphatic heterocycles. The molecule has 0 spiro atoms. The number of benzene rings is 1. The Morgan fingerprint density at radius 1 is 1.37 bits per heavy atom. The van der Waals surface area contributed by atoms with Crippen molar-refractivity contribution in [2.75, 3.05) is 10.5 Å². The molecule has 0 aliphatic carbocycles. The highest BCUT2D eigenvalue weighted by Crippen LogP contribution is 2.33. The van der Waals surface area contributed by atoms with Crippen molar-refractivity contribution < 1.29 is 26.0 Å². The fraction of sp³-hybridized carbons (Fsp3) is 0.222. The van der Waals surface area contributed by atoms with E-state index >= 15 is 0 Å². The summed E-state index contributed by atoms with van der Waals surface area (Å²) in [7, 11) is -4.01. The first kappa shape index (κ1) is 15.6. The summed E-state index contributed by atoms with van der Waals surface area (Å²) in [6.45, 7) is 0. The first-order chi connectivity index (χ1) is 8.51. The molecule has 0 fully saturated rings. The van der Waals surface area contributed by atoms with Crippen molar-refractivity contribution in [3.8, 4) is 0 Å². The first-order valence-corrected chi connectivity index (χ1v) is 6.73. The van der Waals surface area contributed by atoms with Crippen LogP contribution in [0.2, 0.25) is 0 Å². The molecule has 0 saturated heterocycles. The van der Waals surface area contributed by atoms with Gasteiger partial charge in [0.05, 0.1) is 10.6 Å². The number of anilines is 1. The zero-order valence-electron chi connectivity index (χ0n) is 9.16. The van der Waals surface area contributed by atoms with Gasteiger partial charge >= 0.3 is 6.18 Å². The molecule has 3 N–H and O–H groups in total. The van der Waals surface area contributed by atoms with Gasteiger partial charge < -0.3 is 5.73 Å². The number of halogens is 4. The van der Waals surface area contributed by atoms with Crippen molar-refractivity contribution in [1.82, 2.24) is 0 Å². The second kappa shape index (κ2) is 5.29. The van der Waals surface area contributed by atoms with Gasteiger partial charge in [-0.1, -0.05) is 12.2 Å². The molecular weight excluding hydrogens is 308 g/mol. The van der Waals surface area contributed by atoms with Crippen LogP contribution >= 0.6 is 12.2 Å². The van der Waals surface area contributed by atoms with Crippen molar-refractivity contribution in [2.45, 2.75) is 6.18 Å². The highest BCUT2D eigenvalue weighted by atomic mass is 32.2. The number of thiocarbonyl (C=S) groups is 1. The predicted octanol–water partition coefficient (Wildman–Crippen LogP) is 1.87. The molecule has 0 unspecified atom stereocenters. The van der Waals surface area contributed by atoms with E-state index in [-0.39, 0.29) is 4.99 Å². The van der Waals surface area contributed by atoms with Gasteiger partial charge in [0.15, 0.2) is 0 Å². The lowest BCUT2D eigenvalue weighted by Gasteiger charge is -2.11. The van der Waals surface area contributed by atoms with Gasteiger partial charge in [0.2, 0.25) is 10.0 Å². The lowest BCUT2D eigenvalue weighted by molar-refractivity contribution is -0.139. The van der Waals surface area contributed by atoms with E-state index < -0.39 is 39.0 Å². The standard InChI is InChI=1S/C9H8F4N2O2S2/c10-7-2-1-5(3-6(7)9(11,12)13)15-19(16,17)4-8(14)18/h1-3,15H,4H2,(H2,14,18). The molecular formula is C9H8F4N2O2S2. The summed E-state index contributed by atoms with van der Waals surface area (Å²) >= 11 is 4.38. The molecule has 0 atom stereocenters. The summed E-state index contributed by atoms with van der Waals surface area (Å²) in [5.41, 5.74) is 3.04. The Labute approximate surface area is 111 Å². The number of hydrogen-bond donors (Lipinski definition) is 2. The lowest BCUT2D eigenvalue weighted by atomic mass is 10.2. The van der Waals surface area contributed by atoms with Crippen molar-refractivity contribution in [3.63, 3.8) is 0 Å². The Morgan fingerprint density at radius 2 is 1.95 bits per heavy atom. The molecule has 0 heterocycles. The zero-order valence-corrected chi connectivity index (χ0v) is 10.8. The summed E-state index contributed by atoms with van der Waals surface area (Å²) in [4.78, 5) is -0.342. The largest absolute Gasteiger partial charge is 0.419 e. The summed E-state index contributed by atoms with van der Waals surface area (Å²) in [6, 6.07) is 1.73. The molecule has 1 aromatic rings. The summed E-state index contributed by atoms with van der Waals surface area (Å²) < 4.78 is 74.8. The van der Waals surface area contributed by atoms with E-state index in [4.69, 9.17) is 5.73 Å². The maximum Gasteiger partial charge on any atom is 0.419 e. The minimum atomic E-state index is -4.92. The van der Waals surface area contributed by atoms with Gasteiger partial charge in [0.25, 0.3) is 0 Å². The lowest BCUT2D eigenvalue weighted by Crippen LogP contribution is -2.26. The van der Waals surface area contributed by atoms with Crippen LogP contribution < -0.4 is 10.5 Å². The normalized spacial score (nSPS) is 12.2. The molecule has 0 saturated carbocycles. The Kier molecular flexibility index (Phi) is 4.35. The number of rotatable bonds is 4. The van der Waals surface area contributed by atoms with Crippen LogP contribution in [0.5, 0.6) is 0 Å². The predicted molar refractivity (Wildman–Crippen MR) is 65.6 cm³/mol. The van der Waals surface area contributed by atoms with Crippen LogP contribution in [0.4, 0.5) is 23.2 Å². The molecule has 106 valence electrons. The van der Waals surface area contributed by atoms with Crippen molar-refractivity contribution >= 4 is 32.9 Å². The molecule has 10 heteroatoms. The highest BCUT2D eigenvalue weighted by molar-refractivity contribution is 7.95. The number of nitrogens with one attached hydrogen (secondary N) is 1. The van der Waals surface area contributed by atoms with Crippen molar-refractivity contribution in [2.24, 2.45) is 5.73 Å². The number of alkyl halides is 3. The minimum Gasteiger partial charge on any atom is -0.392 e. The molecule has 0 radical (unpaired) electrons. The fourth-order valence-electron chi connectivity index (χ4n) is 1.21. The van der Waals surface area contributed by atoms with E-state index in [1.807, 2.05) is 4.72 Å². The second-order valence-electron chi connectivity index (χ2n) is 3.52. The SMILES string of the molecule is NC(=S)CS(=O)(=O)Nc1ccc(F)c(C(F)(F)F)c1. The van der Waals surface area contributed by atoms with Crippen molar-refractivity contribution in [1.29, 1.82) is 0 Å². The summed E-state index contributed by atoms with van der Waals surface area (Å²) in [6.07, 6.45) is -4.92. The van der Waals surface area contributed by atoms with Crippen LogP contribution in [0, 0.1) is 5.82 Å². The quantitative estimate of drug-likeness (QED) is 0.657. The second-order valence-corrected chi connectivity index (χ2v) is 5.77. The van der Waals surface area contributed by atoms with Crippen molar-refractivity contribution in [3.05, 3.63) is 29.6 Å². The monoisotopic (exact) mass is 316 g/mol. The van der Waals surface area contributed by atoms with Crippen LogP contribution in [0.15, 0.2) is 18.2 Å². The van der Waals surface area contributed by atoms with E-state index in [2.05, 4.69) is 12.2 Å². The molecule has 0 bridgehead atoms. The molecule has 1 aromatic carbocycles. The summed E-state index contributed by atoms with van der Waals surface area (Å²) in [5, 5.41) is 0. The molecule has 0 aromatic heterocycles. The van der Waals surface area contributed by atoms with E-state index in [9.17, 15) is 26.0 Å².